The van der Waals surface area contributed by atoms with Gasteiger partial charge in [0.2, 0.25) is 5.91 Å². The Bertz CT molecular complexity index is 1210. The van der Waals surface area contributed by atoms with Gasteiger partial charge in [0.25, 0.3) is 0 Å². The van der Waals surface area contributed by atoms with Gasteiger partial charge < -0.3 is 4.74 Å². The van der Waals surface area contributed by atoms with Crippen LogP contribution in [0.15, 0.2) is 47.4 Å². The summed E-state index contributed by atoms with van der Waals surface area (Å²) in [5.74, 6) is -1.83. The maximum Gasteiger partial charge on any atom is 0.244 e. The highest BCUT2D eigenvalue weighted by Crippen LogP contribution is 2.30. The molecule has 0 aliphatic carbocycles. The number of rotatable bonds is 7. The van der Waals surface area contributed by atoms with Crippen molar-refractivity contribution in [3.8, 4) is 0 Å². The van der Waals surface area contributed by atoms with Crippen molar-refractivity contribution in [2.24, 2.45) is 0 Å². The lowest BCUT2D eigenvalue weighted by molar-refractivity contribution is -0.116. The summed E-state index contributed by atoms with van der Waals surface area (Å²) in [5, 5.41) is 0.675. The number of nitrogens with zero attached hydrogens (tertiary/aromatic N) is 3. The highest BCUT2D eigenvalue weighted by molar-refractivity contribution is 7.92. The number of ether oxygens (including phenoxy) is 1. The number of carbonyl (C=O) groups excluding carboxylic acids is 1. The van der Waals surface area contributed by atoms with Gasteiger partial charge in [-0.2, -0.15) is 0 Å². The minimum Gasteiger partial charge on any atom is -0.379 e. The fourth-order valence-corrected chi connectivity index (χ4v) is 5.73. The second-order valence-electron chi connectivity index (χ2n) is 7.30. The largest absolute Gasteiger partial charge is 0.379 e. The molecule has 0 unspecified atom stereocenters. The van der Waals surface area contributed by atoms with Gasteiger partial charge in [-0.1, -0.05) is 29.0 Å². The number of hydrogen-bond donors (Lipinski definition) is 0. The van der Waals surface area contributed by atoms with Gasteiger partial charge in [-0.25, -0.2) is 17.8 Å². The summed E-state index contributed by atoms with van der Waals surface area (Å²) >= 11 is 7.00. The van der Waals surface area contributed by atoms with Gasteiger partial charge in [0.1, 0.15) is 17.1 Å². The molecule has 0 spiro atoms. The Kier molecular flexibility index (Phi) is 7.06. The number of halogens is 2. The molecule has 1 amide bonds. The molecule has 2 aromatic carbocycles. The van der Waals surface area contributed by atoms with E-state index in [1.165, 1.54) is 35.2 Å². The number of morpholine rings is 1. The van der Waals surface area contributed by atoms with Crippen molar-refractivity contribution in [2.45, 2.75) is 4.90 Å². The van der Waals surface area contributed by atoms with Crippen LogP contribution in [0.25, 0.3) is 10.2 Å². The van der Waals surface area contributed by atoms with Crippen LogP contribution in [0.4, 0.5) is 9.52 Å². The minimum absolute atomic E-state index is 0.0127. The average molecular weight is 498 g/mol. The molecule has 1 aliphatic rings. The van der Waals surface area contributed by atoms with Gasteiger partial charge in [-0.3, -0.25) is 14.6 Å². The van der Waals surface area contributed by atoms with E-state index in [1.807, 2.05) is 0 Å². The Morgan fingerprint density at radius 2 is 1.91 bits per heavy atom. The summed E-state index contributed by atoms with van der Waals surface area (Å²) in [7, 11) is -3.89. The molecule has 0 N–H and O–H groups in total. The molecule has 0 radical (unpaired) electrons. The van der Waals surface area contributed by atoms with E-state index in [9.17, 15) is 17.6 Å². The predicted molar refractivity (Wildman–Crippen MR) is 123 cm³/mol. The molecular weight excluding hydrogens is 477 g/mol. The molecule has 3 aromatic rings. The minimum atomic E-state index is -3.89. The number of amides is 1. The van der Waals surface area contributed by atoms with Gasteiger partial charge in [-0.15, -0.1) is 0 Å². The van der Waals surface area contributed by atoms with Crippen LogP contribution in [0.2, 0.25) is 5.02 Å². The third-order valence-corrected chi connectivity index (χ3v) is 8.03. The Hall–Kier alpha value is -2.11. The van der Waals surface area contributed by atoms with Crippen LogP contribution in [0, 0.1) is 5.82 Å². The van der Waals surface area contributed by atoms with Crippen molar-refractivity contribution in [1.82, 2.24) is 9.88 Å². The molecule has 7 nitrogen and oxygen atoms in total. The van der Waals surface area contributed by atoms with Crippen LogP contribution in [0.5, 0.6) is 0 Å². The van der Waals surface area contributed by atoms with Gasteiger partial charge in [-0.05, 0) is 36.4 Å². The maximum absolute atomic E-state index is 14.2. The summed E-state index contributed by atoms with van der Waals surface area (Å²) in [4.78, 5) is 21.0. The number of carbonyl (C=O) groups is 1. The molecule has 0 saturated carbocycles. The third kappa shape index (κ3) is 5.26. The number of sulfone groups is 1. The molecule has 2 heterocycles. The molecule has 4 rings (SSSR count). The zero-order valence-electron chi connectivity index (χ0n) is 17.0. The van der Waals surface area contributed by atoms with Crippen molar-refractivity contribution in [1.29, 1.82) is 0 Å². The Morgan fingerprint density at radius 3 is 2.59 bits per heavy atom. The number of anilines is 1. The smallest absolute Gasteiger partial charge is 0.244 e. The normalized spacial score (nSPS) is 15.2. The molecular formula is C21H21ClFN3O4S2. The molecule has 11 heteroatoms. The fourth-order valence-electron chi connectivity index (χ4n) is 3.38. The molecule has 1 saturated heterocycles. The van der Waals surface area contributed by atoms with Gasteiger partial charge in [0.05, 0.1) is 22.8 Å². The first-order chi connectivity index (χ1) is 15.3. The van der Waals surface area contributed by atoms with E-state index in [-0.39, 0.29) is 22.1 Å². The first-order valence-electron chi connectivity index (χ1n) is 9.97. The van der Waals surface area contributed by atoms with Crippen molar-refractivity contribution < 1.29 is 22.3 Å². The second-order valence-corrected chi connectivity index (χ2v) is 10.7. The van der Waals surface area contributed by atoms with Gasteiger partial charge >= 0.3 is 0 Å². The monoisotopic (exact) mass is 497 g/mol. The first-order valence-corrected chi connectivity index (χ1v) is 12.8. The topological polar surface area (TPSA) is 79.8 Å². The van der Waals surface area contributed by atoms with Crippen LogP contribution in [-0.2, 0) is 19.4 Å². The van der Waals surface area contributed by atoms with Crippen molar-refractivity contribution in [3.63, 3.8) is 0 Å². The van der Waals surface area contributed by atoms with E-state index in [2.05, 4.69) is 9.88 Å². The lowest BCUT2D eigenvalue weighted by Gasteiger charge is -2.29. The van der Waals surface area contributed by atoms with Crippen LogP contribution < -0.4 is 4.90 Å². The fraction of sp³-hybridized carbons (Fsp3) is 0.333. The highest BCUT2D eigenvalue weighted by Gasteiger charge is 2.27. The molecule has 1 aromatic heterocycles. The number of thiazole rings is 1. The Labute approximate surface area is 194 Å². The maximum atomic E-state index is 14.2. The second kappa shape index (κ2) is 9.80. The number of hydrogen-bond acceptors (Lipinski definition) is 7. The number of para-hydroxylation sites is 1. The van der Waals surface area contributed by atoms with Gasteiger partial charge in [0.15, 0.2) is 15.0 Å². The van der Waals surface area contributed by atoms with Crippen molar-refractivity contribution >= 4 is 54.0 Å². The predicted octanol–water partition coefficient (Wildman–Crippen LogP) is 3.23. The summed E-state index contributed by atoms with van der Waals surface area (Å²) in [6.45, 7) is 3.40. The lowest BCUT2D eigenvalue weighted by Crippen LogP contribution is -2.44. The number of fused-ring (bicyclic) bond motifs is 1. The Balaban J connectivity index is 1.60. The SMILES string of the molecule is O=C(CS(=O)(=O)c1ccc(Cl)cc1)N(CCN1CCOCC1)c1nc2c(F)cccc2s1. The molecule has 1 fully saturated rings. The zero-order valence-corrected chi connectivity index (χ0v) is 19.4. The summed E-state index contributed by atoms with van der Waals surface area (Å²) < 4.78 is 45.8. The molecule has 0 bridgehead atoms. The molecule has 32 heavy (non-hydrogen) atoms. The highest BCUT2D eigenvalue weighted by atomic mass is 35.5. The van der Waals surface area contributed by atoms with Gasteiger partial charge in [0, 0.05) is 31.2 Å². The van der Waals surface area contributed by atoms with Crippen LogP contribution in [0.1, 0.15) is 0 Å². The van der Waals surface area contributed by atoms with Crippen molar-refractivity contribution in [3.05, 3.63) is 53.3 Å². The summed E-state index contributed by atoms with van der Waals surface area (Å²) in [5.41, 5.74) is 0.164. The van der Waals surface area contributed by atoms with Crippen LogP contribution in [-0.4, -0.2) is 69.4 Å². The quantitative estimate of drug-likeness (QED) is 0.498. The summed E-state index contributed by atoms with van der Waals surface area (Å²) in [6.07, 6.45) is 0. The average Bonchev–Trinajstić information content (AvgIpc) is 3.20. The summed E-state index contributed by atoms with van der Waals surface area (Å²) in [6, 6.07) is 10.3. The van der Waals surface area contributed by atoms with E-state index in [4.69, 9.17) is 16.3 Å². The van der Waals surface area contributed by atoms with E-state index in [0.29, 0.717) is 29.5 Å². The first kappa shape index (κ1) is 23.1. The molecule has 1 aliphatic heterocycles. The van der Waals surface area contributed by atoms with E-state index >= 15 is 0 Å². The van der Waals surface area contributed by atoms with Crippen LogP contribution in [0.3, 0.4) is 0 Å². The van der Waals surface area contributed by atoms with E-state index in [0.717, 1.165) is 24.4 Å². The lowest BCUT2D eigenvalue weighted by atomic mass is 10.3. The zero-order chi connectivity index (χ0) is 22.7. The Morgan fingerprint density at radius 1 is 1.19 bits per heavy atom. The van der Waals surface area contributed by atoms with E-state index in [1.54, 1.807) is 12.1 Å². The van der Waals surface area contributed by atoms with Crippen LogP contribution >= 0.6 is 22.9 Å². The third-order valence-electron chi connectivity index (χ3n) is 5.12. The molecule has 0 atom stereocenters. The number of benzene rings is 2. The number of aromatic nitrogens is 1. The van der Waals surface area contributed by atoms with E-state index < -0.39 is 27.3 Å². The standard InChI is InChI=1S/C21H21ClFN3O4S2/c22-15-4-6-16(7-5-15)32(28,29)14-19(27)26(9-8-25-10-12-30-13-11-25)21-24-20-17(23)2-1-3-18(20)31-21/h1-7H,8-14H2. The molecule has 170 valence electrons. The van der Waals surface area contributed by atoms with Crippen molar-refractivity contribution in [2.75, 3.05) is 50.0 Å².